The highest BCUT2D eigenvalue weighted by Crippen LogP contribution is 2.31. The van der Waals surface area contributed by atoms with Crippen molar-refractivity contribution in [2.24, 2.45) is 0 Å². The third-order valence-electron chi connectivity index (χ3n) is 2.75. The summed E-state index contributed by atoms with van der Waals surface area (Å²) in [5.41, 5.74) is 1.00. The molecule has 0 saturated heterocycles. The lowest BCUT2D eigenvalue weighted by atomic mass is 10.0. The van der Waals surface area contributed by atoms with E-state index in [-0.39, 0.29) is 0 Å². The van der Waals surface area contributed by atoms with Gasteiger partial charge < -0.3 is 0 Å². The van der Waals surface area contributed by atoms with Crippen molar-refractivity contribution in [1.82, 2.24) is 9.97 Å². The first-order chi connectivity index (χ1) is 7.51. The summed E-state index contributed by atoms with van der Waals surface area (Å²) in [6.45, 7) is 8.53. The molecule has 1 aromatic rings. The summed E-state index contributed by atoms with van der Waals surface area (Å²) in [6, 6.07) is 0. The van der Waals surface area contributed by atoms with Crippen LogP contribution in [0, 0.1) is 0 Å². The molecular weight excluding hydrogens is 288 g/mol. The molecule has 0 aliphatic rings. The van der Waals surface area contributed by atoms with Crippen molar-refractivity contribution in [1.29, 1.82) is 0 Å². The van der Waals surface area contributed by atoms with Crippen LogP contribution in [0.3, 0.4) is 0 Å². The van der Waals surface area contributed by atoms with Crippen LogP contribution in [0.5, 0.6) is 0 Å². The van der Waals surface area contributed by atoms with Crippen LogP contribution in [-0.4, -0.2) is 9.97 Å². The summed E-state index contributed by atoms with van der Waals surface area (Å²) < 4.78 is 0.832. The van der Waals surface area contributed by atoms with E-state index in [0.717, 1.165) is 28.8 Å². The van der Waals surface area contributed by atoms with E-state index in [1.165, 1.54) is 0 Å². The molecule has 2 nitrogen and oxygen atoms in total. The van der Waals surface area contributed by atoms with Crippen LogP contribution in [0.15, 0.2) is 4.47 Å². The zero-order valence-corrected chi connectivity index (χ0v) is 12.6. The molecule has 0 amide bonds. The minimum atomic E-state index is 0.350. The molecule has 0 N–H and O–H groups in total. The Bertz CT molecular complexity index is 362. The van der Waals surface area contributed by atoms with Crippen molar-refractivity contribution in [3.05, 3.63) is 21.1 Å². The smallest absolute Gasteiger partial charge is 0.147 e. The summed E-state index contributed by atoms with van der Waals surface area (Å²) in [4.78, 5) is 9.00. The molecule has 0 aliphatic heterocycles. The number of rotatable bonds is 4. The van der Waals surface area contributed by atoms with Gasteiger partial charge in [0.1, 0.15) is 11.0 Å². The highest BCUT2D eigenvalue weighted by molar-refractivity contribution is 9.10. The van der Waals surface area contributed by atoms with E-state index in [2.05, 4.69) is 53.6 Å². The Labute approximate surface area is 111 Å². The van der Waals surface area contributed by atoms with Gasteiger partial charge in [-0.15, -0.1) is 0 Å². The third-order valence-corrected chi connectivity index (χ3v) is 4.03. The maximum absolute atomic E-state index is 6.12. The van der Waals surface area contributed by atoms with Crippen molar-refractivity contribution >= 4 is 27.5 Å². The standard InChI is InChI=1S/C12H18BrClN2/c1-5-8(6-2)12-15-10(7(3)4)9(13)11(14)16-12/h7-8H,5-6H2,1-4H3. The second-order valence-corrected chi connectivity index (χ2v) is 5.39. The molecule has 0 saturated carbocycles. The van der Waals surface area contributed by atoms with Crippen molar-refractivity contribution in [3.8, 4) is 0 Å². The second kappa shape index (κ2) is 5.97. The Morgan fingerprint density at radius 2 is 1.75 bits per heavy atom. The fraction of sp³-hybridized carbons (Fsp3) is 0.667. The highest BCUT2D eigenvalue weighted by atomic mass is 79.9. The van der Waals surface area contributed by atoms with Crippen LogP contribution < -0.4 is 0 Å². The molecule has 0 bridgehead atoms. The molecule has 0 radical (unpaired) electrons. The maximum atomic E-state index is 6.12. The third kappa shape index (κ3) is 2.95. The van der Waals surface area contributed by atoms with Gasteiger partial charge >= 0.3 is 0 Å². The fourth-order valence-electron chi connectivity index (χ4n) is 1.67. The average Bonchev–Trinajstić information content (AvgIpc) is 2.24. The van der Waals surface area contributed by atoms with Crippen molar-refractivity contribution in [2.75, 3.05) is 0 Å². The second-order valence-electron chi connectivity index (χ2n) is 4.24. The first-order valence-corrected chi connectivity index (χ1v) is 6.91. The average molecular weight is 306 g/mol. The molecule has 1 rings (SSSR count). The van der Waals surface area contributed by atoms with Gasteiger partial charge in [-0.3, -0.25) is 0 Å². The Kier molecular flexibility index (Phi) is 5.19. The summed E-state index contributed by atoms with van der Waals surface area (Å²) in [5.74, 6) is 1.63. The molecule has 0 aliphatic carbocycles. The number of hydrogen-bond acceptors (Lipinski definition) is 2. The predicted octanol–water partition coefficient (Wildman–Crippen LogP) is 4.92. The lowest BCUT2D eigenvalue weighted by Crippen LogP contribution is -2.07. The van der Waals surface area contributed by atoms with Crippen LogP contribution in [0.2, 0.25) is 5.15 Å². The lowest BCUT2D eigenvalue weighted by Gasteiger charge is -2.15. The molecule has 0 aromatic carbocycles. The van der Waals surface area contributed by atoms with Gasteiger partial charge in [0.15, 0.2) is 0 Å². The van der Waals surface area contributed by atoms with Gasteiger partial charge in [-0.25, -0.2) is 9.97 Å². The minimum Gasteiger partial charge on any atom is -0.236 e. The summed E-state index contributed by atoms with van der Waals surface area (Å²) in [6.07, 6.45) is 2.10. The Hall–Kier alpha value is -0.150. The van der Waals surface area contributed by atoms with E-state index in [9.17, 15) is 0 Å². The fourth-order valence-corrected chi connectivity index (χ4v) is 2.49. The molecule has 4 heteroatoms. The molecule has 0 atom stereocenters. The molecule has 16 heavy (non-hydrogen) atoms. The molecule has 0 unspecified atom stereocenters. The molecule has 0 spiro atoms. The minimum absolute atomic E-state index is 0.350. The van der Waals surface area contributed by atoms with E-state index >= 15 is 0 Å². The number of hydrogen-bond donors (Lipinski definition) is 0. The van der Waals surface area contributed by atoms with Crippen molar-refractivity contribution < 1.29 is 0 Å². The first kappa shape index (κ1) is 13.9. The zero-order chi connectivity index (χ0) is 12.3. The Morgan fingerprint density at radius 1 is 1.19 bits per heavy atom. The van der Waals surface area contributed by atoms with Crippen LogP contribution >= 0.6 is 27.5 Å². The SMILES string of the molecule is CCC(CC)c1nc(Cl)c(Br)c(C(C)C)n1. The van der Waals surface area contributed by atoms with Gasteiger partial charge in [0.05, 0.1) is 10.2 Å². The van der Waals surface area contributed by atoms with E-state index < -0.39 is 0 Å². The Balaban J connectivity index is 3.23. The zero-order valence-electron chi connectivity index (χ0n) is 10.2. The van der Waals surface area contributed by atoms with Gasteiger partial charge in [0.25, 0.3) is 0 Å². The summed E-state index contributed by atoms with van der Waals surface area (Å²) in [5, 5.41) is 0.528. The number of aromatic nitrogens is 2. The summed E-state index contributed by atoms with van der Waals surface area (Å²) in [7, 11) is 0. The first-order valence-electron chi connectivity index (χ1n) is 5.74. The van der Waals surface area contributed by atoms with Gasteiger partial charge in [-0.2, -0.15) is 0 Å². The number of nitrogens with zero attached hydrogens (tertiary/aromatic N) is 2. The van der Waals surface area contributed by atoms with Crippen molar-refractivity contribution in [2.45, 2.75) is 52.4 Å². The van der Waals surface area contributed by atoms with Crippen LogP contribution in [0.1, 0.15) is 63.9 Å². The number of halogens is 2. The Morgan fingerprint density at radius 3 is 2.19 bits per heavy atom. The van der Waals surface area contributed by atoms with Crippen LogP contribution in [0.4, 0.5) is 0 Å². The largest absolute Gasteiger partial charge is 0.236 e. The monoisotopic (exact) mass is 304 g/mol. The van der Waals surface area contributed by atoms with E-state index in [1.807, 2.05) is 0 Å². The van der Waals surface area contributed by atoms with Gasteiger partial charge in [-0.1, -0.05) is 39.3 Å². The lowest BCUT2D eigenvalue weighted by molar-refractivity contribution is 0.592. The maximum Gasteiger partial charge on any atom is 0.147 e. The van der Waals surface area contributed by atoms with Gasteiger partial charge in [0.2, 0.25) is 0 Å². The highest BCUT2D eigenvalue weighted by Gasteiger charge is 2.17. The van der Waals surface area contributed by atoms with Gasteiger partial charge in [0, 0.05) is 5.92 Å². The van der Waals surface area contributed by atoms with E-state index in [4.69, 9.17) is 11.6 Å². The van der Waals surface area contributed by atoms with Crippen LogP contribution in [-0.2, 0) is 0 Å². The molecular formula is C12H18BrClN2. The van der Waals surface area contributed by atoms with Crippen LogP contribution in [0.25, 0.3) is 0 Å². The summed E-state index contributed by atoms with van der Waals surface area (Å²) >= 11 is 9.57. The molecule has 90 valence electrons. The molecule has 1 aromatic heterocycles. The quantitative estimate of drug-likeness (QED) is 0.738. The molecule has 0 fully saturated rings. The normalized spacial score (nSPS) is 11.5. The predicted molar refractivity (Wildman–Crippen MR) is 72.2 cm³/mol. The van der Waals surface area contributed by atoms with E-state index in [0.29, 0.717) is 17.0 Å². The molecule has 1 heterocycles. The van der Waals surface area contributed by atoms with E-state index in [1.54, 1.807) is 0 Å². The van der Waals surface area contributed by atoms with Gasteiger partial charge in [-0.05, 0) is 34.7 Å². The topological polar surface area (TPSA) is 25.8 Å². The van der Waals surface area contributed by atoms with Crippen molar-refractivity contribution in [3.63, 3.8) is 0 Å².